The number of carbonyl (C=O) groups excluding carboxylic acids is 1. The highest BCUT2D eigenvalue weighted by Gasteiger charge is 2.20. The van der Waals surface area contributed by atoms with Gasteiger partial charge in [-0.3, -0.25) is 0 Å². The molecule has 0 aliphatic rings. The molecule has 31 heavy (non-hydrogen) atoms. The summed E-state index contributed by atoms with van der Waals surface area (Å²) in [5.41, 5.74) is 3.34. The van der Waals surface area contributed by atoms with E-state index in [-0.39, 0.29) is 0 Å². The van der Waals surface area contributed by atoms with Crippen molar-refractivity contribution in [3.05, 3.63) is 103 Å². The molecular weight excluding hydrogens is 392 g/mol. The molecule has 7 nitrogen and oxygen atoms in total. The van der Waals surface area contributed by atoms with E-state index in [2.05, 4.69) is 15.3 Å². The number of hydrogen-bond donors (Lipinski definition) is 0. The van der Waals surface area contributed by atoms with Crippen molar-refractivity contribution in [2.75, 3.05) is 0 Å². The SMILES string of the molecule is O=C(Oc1ccc(-c2nnco2)cc1)c1cn(-c2ccccc2)nc1-c1ccccc1. The normalized spacial score (nSPS) is 10.7. The lowest BCUT2D eigenvalue weighted by Crippen LogP contribution is -2.09. The first-order chi connectivity index (χ1) is 15.3. The molecule has 0 aliphatic heterocycles. The largest absolute Gasteiger partial charge is 0.423 e. The van der Waals surface area contributed by atoms with Gasteiger partial charge in [0.1, 0.15) is 17.0 Å². The number of aromatic nitrogens is 4. The number of carbonyl (C=O) groups is 1. The molecule has 0 amide bonds. The maximum atomic E-state index is 13.1. The monoisotopic (exact) mass is 408 g/mol. The van der Waals surface area contributed by atoms with E-state index in [1.807, 2.05) is 60.7 Å². The molecule has 0 radical (unpaired) electrons. The first kappa shape index (κ1) is 18.5. The van der Waals surface area contributed by atoms with Gasteiger partial charge >= 0.3 is 5.97 Å². The number of nitrogens with zero attached hydrogens (tertiary/aromatic N) is 4. The summed E-state index contributed by atoms with van der Waals surface area (Å²) in [4.78, 5) is 13.1. The second-order valence-corrected chi connectivity index (χ2v) is 6.70. The molecule has 0 aliphatic carbocycles. The van der Waals surface area contributed by atoms with Gasteiger partial charge in [-0.25, -0.2) is 9.48 Å². The van der Waals surface area contributed by atoms with Crippen LogP contribution in [0.15, 0.2) is 102 Å². The van der Waals surface area contributed by atoms with Crippen molar-refractivity contribution in [3.8, 4) is 34.1 Å². The van der Waals surface area contributed by atoms with E-state index in [4.69, 9.17) is 9.15 Å². The number of ether oxygens (including phenoxy) is 1. The van der Waals surface area contributed by atoms with Crippen LogP contribution in [-0.2, 0) is 0 Å². The standard InChI is InChI=1S/C24H16N4O3/c29-24(31-20-13-11-18(12-14-20)23-26-25-16-30-23)21-15-28(19-9-5-2-6-10-19)27-22(21)17-7-3-1-4-8-17/h1-16H. The molecule has 0 atom stereocenters. The lowest BCUT2D eigenvalue weighted by atomic mass is 10.1. The fraction of sp³-hybridized carbons (Fsp3) is 0. The topological polar surface area (TPSA) is 83.0 Å². The first-order valence-electron chi connectivity index (χ1n) is 9.57. The van der Waals surface area contributed by atoms with Crippen molar-refractivity contribution < 1.29 is 13.9 Å². The number of para-hydroxylation sites is 1. The fourth-order valence-electron chi connectivity index (χ4n) is 3.17. The number of rotatable bonds is 5. The van der Waals surface area contributed by atoms with E-state index in [1.54, 1.807) is 35.1 Å². The first-order valence-corrected chi connectivity index (χ1v) is 9.57. The summed E-state index contributed by atoms with van der Waals surface area (Å²) >= 11 is 0. The molecule has 0 spiro atoms. The smallest absolute Gasteiger partial charge is 0.347 e. The van der Waals surface area contributed by atoms with Crippen LogP contribution in [0.5, 0.6) is 5.75 Å². The number of benzene rings is 3. The van der Waals surface area contributed by atoms with Gasteiger partial charge in [0.05, 0.1) is 5.69 Å². The van der Waals surface area contributed by atoms with Gasteiger partial charge in [-0.2, -0.15) is 5.10 Å². The summed E-state index contributed by atoms with van der Waals surface area (Å²) < 4.78 is 12.5. The molecule has 0 unspecified atom stereocenters. The van der Waals surface area contributed by atoms with Crippen molar-refractivity contribution >= 4 is 5.97 Å². The third-order valence-electron chi connectivity index (χ3n) is 4.67. The van der Waals surface area contributed by atoms with E-state index >= 15 is 0 Å². The van der Waals surface area contributed by atoms with Gasteiger partial charge in [0.25, 0.3) is 0 Å². The predicted octanol–water partition coefficient (Wildman–Crippen LogP) is 4.81. The van der Waals surface area contributed by atoms with Crippen LogP contribution in [0.1, 0.15) is 10.4 Å². The molecule has 5 rings (SSSR count). The molecule has 2 aromatic heterocycles. The Morgan fingerprint density at radius 2 is 1.55 bits per heavy atom. The molecule has 0 saturated carbocycles. The molecule has 5 aromatic rings. The average molecular weight is 408 g/mol. The van der Waals surface area contributed by atoms with Crippen LogP contribution in [0, 0.1) is 0 Å². The molecule has 3 aromatic carbocycles. The molecule has 150 valence electrons. The van der Waals surface area contributed by atoms with E-state index in [9.17, 15) is 4.79 Å². The van der Waals surface area contributed by atoms with Crippen LogP contribution in [0.4, 0.5) is 0 Å². The van der Waals surface area contributed by atoms with Crippen molar-refractivity contribution in [3.63, 3.8) is 0 Å². The third kappa shape index (κ3) is 3.84. The van der Waals surface area contributed by atoms with Gasteiger partial charge in [0, 0.05) is 17.3 Å². The van der Waals surface area contributed by atoms with E-state index in [1.165, 1.54) is 6.39 Å². The summed E-state index contributed by atoms with van der Waals surface area (Å²) in [6.45, 7) is 0. The number of esters is 1. The lowest BCUT2D eigenvalue weighted by molar-refractivity contribution is 0.0735. The Morgan fingerprint density at radius 3 is 2.23 bits per heavy atom. The van der Waals surface area contributed by atoms with Gasteiger partial charge < -0.3 is 9.15 Å². The van der Waals surface area contributed by atoms with Crippen LogP contribution >= 0.6 is 0 Å². The Morgan fingerprint density at radius 1 is 0.839 bits per heavy atom. The zero-order valence-corrected chi connectivity index (χ0v) is 16.3. The van der Waals surface area contributed by atoms with Gasteiger partial charge in [0.15, 0.2) is 0 Å². The quantitative estimate of drug-likeness (QED) is 0.307. The maximum absolute atomic E-state index is 13.1. The summed E-state index contributed by atoms with van der Waals surface area (Å²) in [5, 5.41) is 12.2. The molecule has 0 saturated heterocycles. The molecule has 0 N–H and O–H groups in total. The lowest BCUT2D eigenvalue weighted by Gasteiger charge is -2.05. The minimum atomic E-state index is -0.494. The maximum Gasteiger partial charge on any atom is 0.347 e. The summed E-state index contributed by atoms with van der Waals surface area (Å²) in [6, 6.07) is 26.0. The van der Waals surface area contributed by atoms with E-state index < -0.39 is 5.97 Å². The van der Waals surface area contributed by atoms with Gasteiger partial charge in [0.2, 0.25) is 12.3 Å². The summed E-state index contributed by atoms with van der Waals surface area (Å²) in [6.07, 6.45) is 2.95. The summed E-state index contributed by atoms with van der Waals surface area (Å²) in [5.74, 6) is 0.305. The van der Waals surface area contributed by atoms with Crippen LogP contribution in [0.2, 0.25) is 0 Å². The molecule has 0 fully saturated rings. The van der Waals surface area contributed by atoms with E-state index in [0.29, 0.717) is 22.9 Å². The summed E-state index contributed by atoms with van der Waals surface area (Å²) in [7, 11) is 0. The Balaban J connectivity index is 1.47. The Kier molecular flexibility index (Phi) is 4.82. The highest BCUT2D eigenvalue weighted by Crippen LogP contribution is 2.26. The molecule has 7 heteroatoms. The Hall–Kier alpha value is -4.52. The van der Waals surface area contributed by atoms with Gasteiger partial charge in [-0.1, -0.05) is 48.5 Å². The highest BCUT2D eigenvalue weighted by atomic mass is 16.5. The third-order valence-corrected chi connectivity index (χ3v) is 4.67. The number of hydrogen-bond acceptors (Lipinski definition) is 6. The average Bonchev–Trinajstić information content (AvgIpc) is 3.52. The Bertz CT molecular complexity index is 1300. The predicted molar refractivity (Wildman–Crippen MR) is 114 cm³/mol. The van der Waals surface area contributed by atoms with Crippen LogP contribution in [0.25, 0.3) is 28.4 Å². The minimum Gasteiger partial charge on any atom is -0.423 e. The van der Waals surface area contributed by atoms with Crippen LogP contribution in [0.3, 0.4) is 0 Å². The molecular formula is C24H16N4O3. The second-order valence-electron chi connectivity index (χ2n) is 6.70. The van der Waals surface area contributed by atoms with Crippen LogP contribution in [-0.4, -0.2) is 25.9 Å². The van der Waals surface area contributed by atoms with Crippen molar-refractivity contribution in [1.29, 1.82) is 0 Å². The zero-order chi connectivity index (χ0) is 21.0. The molecule has 2 heterocycles. The Labute approximate surface area is 177 Å². The van der Waals surface area contributed by atoms with Crippen molar-refractivity contribution in [2.24, 2.45) is 0 Å². The zero-order valence-electron chi connectivity index (χ0n) is 16.3. The van der Waals surface area contributed by atoms with Crippen molar-refractivity contribution in [1.82, 2.24) is 20.0 Å². The van der Waals surface area contributed by atoms with Gasteiger partial charge in [-0.05, 0) is 36.4 Å². The van der Waals surface area contributed by atoms with Crippen molar-refractivity contribution in [2.45, 2.75) is 0 Å². The highest BCUT2D eigenvalue weighted by molar-refractivity contribution is 5.97. The molecule has 0 bridgehead atoms. The van der Waals surface area contributed by atoms with E-state index in [0.717, 1.165) is 16.8 Å². The van der Waals surface area contributed by atoms with Gasteiger partial charge in [-0.15, -0.1) is 10.2 Å². The minimum absolute atomic E-state index is 0.371. The second kappa shape index (κ2) is 8.08. The fourth-order valence-corrected chi connectivity index (χ4v) is 3.17. The van der Waals surface area contributed by atoms with Crippen LogP contribution < -0.4 is 4.74 Å².